The summed E-state index contributed by atoms with van der Waals surface area (Å²) >= 11 is 0. The maximum Gasteiger partial charge on any atom is 0.329 e. The molecule has 0 spiro atoms. The Morgan fingerprint density at radius 1 is 1.50 bits per heavy atom. The fourth-order valence-electron chi connectivity index (χ4n) is 1.34. The third-order valence-electron chi connectivity index (χ3n) is 1.97. The van der Waals surface area contributed by atoms with E-state index < -0.39 is 5.97 Å². The molecule has 1 rings (SSSR count). The molecule has 4 heteroatoms. The first-order valence-electron chi connectivity index (χ1n) is 4.33. The van der Waals surface area contributed by atoms with Crippen LogP contribution in [0.25, 0.3) is 0 Å². The first kappa shape index (κ1) is 9.48. The van der Waals surface area contributed by atoms with Crippen molar-refractivity contribution in [3.8, 4) is 0 Å². The van der Waals surface area contributed by atoms with E-state index in [1.807, 2.05) is 0 Å². The van der Waals surface area contributed by atoms with Crippen LogP contribution in [-0.2, 0) is 9.53 Å². The first-order valence-corrected chi connectivity index (χ1v) is 4.33. The van der Waals surface area contributed by atoms with Crippen molar-refractivity contribution in [3.05, 3.63) is 0 Å². The summed E-state index contributed by atoms with van der Waals surface area (Å²) in [6, 6.07) is 0. The van der Waals surface area contributed by atoms with Gasteiger partial charge in [0.15, 0.2) is 0 Å². The van der Waals surface area contributed by atoms with Gasteiger partial charge in [0.2, 0.25) is 0 Å². The molecule has 1 fully saturated rings. The van der Waals surface area contributed by atoms with Gasteiger partial charge < -0.3 is 15.2 Å². The Bertz CT molecular complexity index is 141. The first-order chi connectivity index (χ1) is 5.79. The minimum atomic E-state index is -0.882. The molecule has 0 aromatic carbocycles. The van der Waals surface area contributed by atoms with Crippen molar-refractivity contribution in [1.82, 2.24) is 5.32 Å². The van der Waals surface area contributed by atoms with E-state index in [4.69, 9.17) is 9.84 Å². The minimum absolute atomic E-state index is 0.135. The monoisotopic (exact) mass is 173 g/mol. The molecule has 1 saturated heterocycles. The highest BCUT2D eigenvalue weighted by atomic mass is 16.5. The molecule has 0 saturated carbocycles. The van der Waals surface area contributed by atoms with E-state index in [2.05, 4.69) is 5.32 Å². The van der Waals surface area contributed by atoms with Crippen molar-refractivity contribution in [2.24, 2.45) is 0 Å². The van der Waals surface area contributed by atoms with Gasteiger partial charge in [-0.3, -0.25) is 0 Å². The molecule has 0 aromatic heterocycles. The van der Waals surface area contributed by atoms with Gasteiger partial charge in [0.1, 0.15) is 6.61 Å². The SMILES string of the molecule is O=C(O)COC1CCCNCC1. The topological polar surface area (TPSA) is 58.6 Å². The molecule has 1 aliphatic heterocycles. The molecule has 0 aromatic rings. The number of carbonyl (C=O) groups is 1. The Morgan fingerprint density at radius 3 is 3.08 bits per heavy atom. The van der Waals surface area contributed by atoms with Gasteiger partial charge in [-0.15, -0.1) is 0 Å². The molecule has 0 radical (unpaired) electrons. The van der Waals surface area contributed by atoms with Crippen molar-refractivity contribution in [2.45, 2.75) is 25.4 Å². The zero-order chi connectivity index (χ0) is 8.81. The molecule has 1 unspecified atom stereocenters. The van der Waals surface area contributed by atoms with Crippen LogP contribution >= 0.6 is 0 Å². The zero-order valence-electron chi connectivity index (χ0n) is 7.08. The molecule has 70 valence electrons. The van der Waals surface area contributed by atoms with Crippen molar-refractivity contribution in [2.75, 3.05) is 19.7 Å². The van der Waals surface area contributed by atoms with E-state index in [0.29, 0.717) is 0 Å². The fraction of sp³-hybridized carbons (Fsp3) is 0.875. The highest BCUT2D eigenvalue weighted by Gasteiger charge is 2.12. The van der Waals surface area contributed by atoms with Crippen LogP contribution < -0.4 is 5.32 Å². The van der Waals surface area contributed by atoms with E-state index >= 15 is 0 Å². The summed E-state index contributed by atoms with van der Waals surface area (Å²) in [6.45, 7) is 1.79. The van der Waals surface area contributed by atoms with E-state index in [0.717, 1.165) is 32.4 Å². The molecule has 1 atom stereocenters. The molecule has 0 amide bonds. The molecule has 4 nitrogen and oxygen atoms in total. The Balaban J connectivity index is 2.16. The van der Waals surface area contributed by atoms with Crippen molar-refractivity contribution >= 4 is 5.97 Å². The van der Waals surface area contributed by atoms with Crippen molar-refractivity contribution in [1.29, 1.82) is 0 Å². The molecule has 1 heterocycles. The number of hydrogen-bond donors (Lipinski definition) is 2. The van der Waals surface area contributed by atoms with Gasteiger partial charge >= 0.3 is 5.97 Å². The predicted molar refractivity (Wildman–Crippen MR) is 44.1 cm³/mol. The van der Waals surface area contributed by atoms with Crippen LogP contribution in [0.1, 0.15) is 19.3 Å². The number of aliphatic carboxylic acids is 1. The summed E-state index contributed by atoms with van der Waals surface area (Å²) in [5, 5.41) is 11.6. The van der Waals surface area contributed by atoms with Crippen molar-refractivity contribution in [3.63, 3.8) is 0 Å². The number of ether oxygens (including phenoxy) is 1. The third-order valence-corrected chi connectivity index (χ3v) is 1.97. The van der Waals surface area contributed by atoms with Gasteiger partial charge in [-0.05, 0) is 32.4 Å². The normalized spacial score (nSPS) is 24.8. The number of carboxylic acids is 1. The van der Waals surface area contributed by atoms with Crippen molar-refractivity contribution < 1.29 is 14.6 Å². The summed E-state index contributed by atoms with van der Waals surface area (Å²) in [7, 11) is 0. The Hall–Kier alpha value is -0.610. The van der Waals surface area contributed by atoms with Crippen LogP contribution in [0, 0.1) is 0 Å². The quantitative estimate of drug-likeness (QED) is 0.641. The zero-order valence-corrected chi connectivity index (χ0v) is 7.08. The largest absolute Gasteiger partial charge is 0.480 e. The fourth-order valence-corrected chi connectivity index (χ4v) is 1.34. The van der Waals surface area contributed by atoms with Gasteiger partial charge in [0.05, 0.1) is 6.10 Å². The number of nitrogens with one attached hydrogen (secondary N) is 1. The molecule has 1 aliphatic rings. The number of hydrogen-bond acceptors (Lipinski definition) is 3. The van der Waals surface area contributed by atoms with Crippen LogP contribution in [0.4, 0.5) is 0 Å². The average Bonchev–Trinajstić information content (AvgIpc) is 2.28. The third kappa shape index (κ3) is 3.69. The predicted octanol–water partition coefficient (Wildman–Crippen LogP) is 0.230. The maximum atomic E-state index is 10.2. The average molecular weight is 173 g/mol. The van der Waals surface area contributed by atoms with E-state index in [9.17, 15) is 4.79 Å². The second-order valence-corrected chi connectivity index (χ2v) is 3.01. The maximum absolute atomic E-state index is 10.2. The minimum Gasteiger partial charge on any atom is -0.480 e. The van der Waals surface area contributed by atoms with E-state index in [-0.39, 0.29) is 12.7 Å². The Kier molecular flexibility index (Phi) is 4.04. The Labute approximate surface area is 71.9 Å². The number of carboxylic acid groups (broad SMARTS) is 1. The second-order valence-electron chi connectivity index (χ2n) is 3.01. The summed E-state index contributed by atoms with van der Waals surface area (Å²) in [4.78, 5) is 10.2. The lowest BCUT2D eigenvalue weighted by Crippen LogP contribution is -2.20. The van der Waals surface area contributed by atoms with Gasteiger partial charge in [-0.25, -0.2) is 4.79 Å². The summed E-state index contributed by atoms with van der Waals surface area (Å²) in [5.74, 6) is -0.882. The number of rotatable bonds is 3. The molecule has 0 aliphatic carbocycles. The molecule has 2 N–H and O–H groups in total. The lowest BCUT2D eigenvalue weighted by atomic mass is 10.2. The van der Waals surface area contributed by atoms with Gasteiger partial charge in [-0.1, -0.05) is 0 Å². The molecule has 0 bridgehead atoms. The second kappa shape index (κ2) is 5.11. The lowest BCUT2D eigenvalue weighted by Gasteiger charge is -2.12. The van der Waals surface area contributed by atoms with Crippen LogP contribution in [0.3, 0.4) is 0 Å². The highest BCUT2D eigenvalue weighted by Crippen LogP contribution is 2.08. The highest BCUT2D eigenvalue weighted by molar-refractivity contribution is 5.68. The summed E-state index contributed by atoms with van der Waals surface area (Å²) in [6.07, 6.45) is 3.11. The van der Waals surface area contributed by atoms with Crippen LogP contribution in [0.2, 0.25) is 0 Å². The molecule has 12 heavy (non-hydrogen) atoms. The molecular weight excluding hydrogens is 158 g/mol. The summed E-state index contributed by atoms with van der Waals surface area (Å²) in [5.41, 5.74) is 0. The van der Waals surface area contributed by atoms with Gasteiger partial charge in [0, 0.05) is 0 Å². The van der Waals surface area contributed by atoms with Crippen LogP contribution in [0.15, 0.2) is 0 Å². The molecular formula is C8H15NO3. The standard InChI is InChI=1S/C8H15NO3/c10-8(11)6-12-7-2-1-4-9-5-3-7/h7,9H,1-6H2,(H,10,11). The van der Waals surface area contributed by atoms with E-state index in [1.54, 1.807) is 0 Å². The van der Waals surface area contributed by atoms with Gasteiger partial charge in [-0.2, -0.15) is 0 Å². The smallest absolute Gasteiger partial charge is 0.329 e. The lowest BCUT2D eigenvalue weighted by molar-refractivity contribution is -0.144. The summed E-state index contributed by atoms with van der Waals surface area (Å²) < 4.78 is 5.18. The van der Waals surface area contributed by atoms with Crippen LogP contribution in [-0.4, -0.2) is 36.9 Å². The Morgan fingerprint density at radius 2 is 2.33 bits per heavy atom. The van der Waals surface area contributed by atoms with E-state index in [1.165, 1.54) is 0 Å². The van der Waals surface area contributed by atoms with Gasteiger partial charge in [0.25, 0.3) is 0 Å². The van der Waals surface area contributed by atoms with Crippen LogP contribution in [0.5, 0.6) is 0 Å².